The van der Waals surface area contributed by atoms with Gasteiger partial charge in [-0.3, -0.25) is 4.79 Å². The maximum Gasteiger partial charge on any atom is 0.252 e. The van der Waals surface area contributed by atoms with E-state index in [9.17, 15) is 9.90 Å². The Balaban J connectivity index is 1.82. The highest BCUT2D eigenvalue weighted by Gasteiger charge is 2.33. The van der Waals surface area contributed by atoms with Gasteiger partial charge < -0.3 is 20.3 Å². The van der Waals surface area contributed by atoms with Gasteiger partial charge in [0.05, 0.1) is 23.9 Å². The molecule has 3 aromatic rings. The maximum atomic E-state index is 11.6. The average molecular weight is 426 g/mol. The van der Waals surface area contributed by atoms with Crippen molar-refractivity contribution in [3.63, 3.8) is 0 Å². The van der Waals surface area contributed by atoms with Crippen molar-refractivity contribution in [3.05, 3.63) is 46.9 Å². The van der Waals surface area contributed by atoms with Crippen molar-refractivity contribution < 1.29 is 9.90 Å². The molecule has 7 nitrogen and oxygen atoms in total. The Bertz CT molecular complexity index is 1120. The molecule has 0 radical (unpaired) electrons. The highest BCUT2D eigenvalue weighted by molar-refractivity contribution is 7.98. The minimum absolute atomic E-state index is 0.0334. The Kier molecular flexibility index (Phi) is 5.46. The third kappa shape index (κ3) is 3.33. The molecular weight excluding hydrogens is 398 g/mol. The first-order valence-electron chi connectivity index (χ1n) is 10.1. The minimum atomic E-state index is -0.512. The summed E-state index contributed by atoms with van der Waals surface area (Å²) >= 11 is 1.66. The van der Waals surface area contributed by atoms with Crippen molar-refractivity contribution in [2.24, 2.45) is 11.7 Å². The minimum Gasteiger partial charge on any atom is -0.392 e. The summed E-state index contributed by atoms with van der Waals surface area (Å²) in [6.07, 6.45) is 3.56. The van der Waals surface area contributed by atoms with Crippen molar-refractivity contribution >= 4 is 34.5 Å². The molecule has 3 heterocycles. The number of carbonyl (C=O) groups is 1. The summed E-state index contributed by atoms with van der Waals surface area (Å²) in [5, 5.41) is 10.9. The van der Waals surface area contributed by atoms with Crippen molar-refractivity contribution in [1.82, 2.24) is 14.5 Å². The van der Waals surface area contributed by atoms with E-state index in [-0.39, 0.29) is 12.6 Å². The highest BCUT2D eigenvalue weighted by Crippen LogP contribution is 2.39. The number of anilines is 1. The van der Waals surface area contributed by atoms with Crippen LogP contribution in [0.1, 0.15) is 47.2 Å². The van der Waals surface area contributed by atoms with Gasteiger partial charge in [0, 0.05) is 40.8 Å². The smallest absolute Gasteiger partial charge is 0.252 e. The standard InChI is InChI=1S/C22H27N5O2S/c1-12(2)20-18-8-14-7-15(11-28)19(30-4)9-17(14)26(18)5-6-27(20)22-24-10-16(21(23)29)13(3)25-22/h7-10,12,20,28H,5-6,11H2,1-4H3,(H2,23,29)/t20-/m1/s1. The lowest BCUT2D eigenvalue weighted by molar-refractivity contribution is 0.0999. The van der Waals surface area contributed by atoms with E-state index >= 15 is 0 Å². The average Bonchev–Trinajstić information content (AvgIpc) is 3.08. The number of hydrogen-bond acceptors (Lipinski definition) is 6. The van der Waals surface area contributed by atoms with Crippen LogP contribution in [-0.4, -0.2) is 38.3 Å². The van der Waals surface area contributed by atoms with Crippen LogP contribution < -0.4 is 10.6 Å². The molecule has 158 valence electrons. The number of thioether (sulfide) groups is 1. The van der Waals surface area contributed by atoms with E-state index in [1.807, 2.05) is 6.26 Å². The van der Waals surface area contributed by atoms with Gasteiger partial charge in [-0.05, 0) is 42.9 Å². The molecule has 0 bridgehead atoms. The Morgan fingerprint density at radius 1 is 1.33 bits per heavy atom. The van der Waals surface area contributed by atoms with Crippen molar-refractivity contribution in [2.75, 3.05) is 17.7 Å². The predicted molar refractivity (Wildman–Crippen MR) is 120 cm³/mol. The highest BCUT2D eigenvalue weighted by atomic mass is 32.2. The molecule has 4 rings (SSSR count). The SMILES string of the molecule is CSc1cc2c(cc1CO)cc1n2CCN(c2ncc(C(N)=O)c(C)n2)[C@@H]1C(C)C. The van der Waals surface area contributed by atoms with Gasteiger partial charge in [-0.25, -0.2) is 9.97 Å². The van der Waals surface area contributed by atoms with E-state index < -0.39 is 5.91 Å². The maximum absolute atomic E-state index is 11.6. The molecule has 0 spiro atoms. The van der Waals surface area contributed by atoms with E-state index in [2.05, 4.69) is 51.5 Å². The fourth-order valence-electron chi connectivity index (χ4n) is 4.43. The number of aliphatic hydroxyl groups is 1. The fraction of sp³-hybridized carbons (Fsp3) is 0.409. The number of rotatable bonds is 5. The molecule has 0 saturated heterocycles. The molecule has 8 heteroatoms. The van der Waals surface area contributed by atoms with Crippen molar-refractivity contribution in [3.8, 4) is 0 Å². The first kappa shape index (κ1) is 20.7. The Morgan fingerprint density at radius 3 is 2.70 bits per heavy atom. The zero-order valence-corrected chi connectivity index (χ0v) is 18.5. The molecule has 0 unspecified atom stereocenters. The third-order valence-electron chi connectivity index (χ3n) is 5.83. The van der Waals surface area contributed by atoms with Crippen LogP contribution in [0.2, 0.25) is 0 Å². The molecule has 1 atom stereocenters. The van der Waals surface area contributed by atoms with E-state index in [0.29, 0.717) is 23.1 Å². The normalized spacial score (nSPS) is 16.3. The summed E-state index contributed by atoms with van der Waals surface area (Å²) in [4.78, 5) is 24.0. The van der Waals surface area contributed by atoms with Crippen LogP contribution in [0.5, 0.6) is 0 Å². The van der Waals surface area contributed by atoms with Crippen LogP contribution in [-0.2, 0) is 13.2 Å². The number of carbonyl (C=O) groups excluding carboxylic acids is 1. The molecule has 1 aliphatic rings. The Hall–Kier alpha value is -2.58. The zero-order valence-electron chi connectivity index (χ0n) is 17.7. The summed E-state index contributed by atoms with van der Waals surface area (Å²) in [5.74, 6) is 0.432. The van der Waals surface area contributed by atoms with Gasteiger partial charge in [0.2, 0.25) is 5.95 Å². The summed E-state index contributed by atoms with van der Waals surface area (Å²) in [5.41, 5.74) is 9.73. The molecule has 0 aliphatic carbocycles. The quantitative estimate of drug-likeness (QED) is 0.609. The lowest BCUT2D eigenvalue weighted by Crippen LogP contribution is -2.41. The molecule has 0 fully saturated rings. The second-order valence-electron chi connectivity index (χ2n) is 8.02. The molecular formula is C22H27N5O2S. The molecule has 0 saturated carbocycles. The van der Waals surface area contributed by atoms with Gasteiger partial charge >= 0.3 is 0 Å². The number of amides is 1. The van der Waals surface area contributed by atoms with Crippen molar-refractivity contribution in [1.29, 1.82) is 0 Å². The molecule has 1 aliphatic heterocycles. The number of nitrogens with two attached hydrogens (primary N) is 1. The van der Waals surface area contributed by atoms with Gasteiger partial charge in [-0.15, -0.1) is 11.8 Å². The van der Waals surface area contributed by atoms with E-state index in [4.69, 9.17) is 5.73 Å². The van der Waals surface area contributed by atoms with Gasteiger partial charge in [0.1, 0.15) is 0 Å². The first-order chi connectivity index (χ1) is 14.3. The van der Waals surface area contributed by atoms with Crippen LogP contribution in [0.3, 0.4) is 0 Å². The topological polar surface area (TPSA) is 97.3 Å². The zero-order chi connectivity index (χ0) is 21.6. The van der Waals surface area contributed by atoms with Gasteiger partial charge in [0.25, 0.3) is 5.91 Å². The number of aryl methyl sites for hydroxylation is 1. The van der Waals surface area contributed by atoms with Gasteiger partial charge in [-0.1, -0.05) is 13.8 Å². The summed E-state index contributed by atoms with van der Waals surface area (Å²) in [6.45, 7) is 7.80. The van der Waals surface area contributed by atoms with Gasteiger partial charge in [0.15, 0.2) is 0 Å². The van der Waals surface area contributed by atoms with Crippen molar-refractivity contribution in [2.45, 2.75) is 44.9 Å². The number of aromatic nitrogens is 3. The molecule has 2 aromatic heterocycles. The molecule has 1 amide bonds. The Labute approximate surface area is 180 Å². The monoisotopic (exact) mass is 425 g/mol. The van der Waals surface area contributed by atoms with E-state index in [1.54, 1.807) is 18.7 Å². The third-order valence-corrected chi connectivity index (χ3v) is 6.65. The largest absolute Gasteiger partial charge is 0.392 e. The summed E-state index contributed by atoms with van der Waals surface area (Å²) in [7, 11) is 0. The number of nitrogens with zero attached hydrogens (tertiary/aromatic N) is 4. The molecule has 30 heavy (non-hydrogen) atoms. The van der Waals surface area contributed by atoms with Crippen LogP contribution in [0.15, 0.2) is 29.3 Å². The predicted octanol–water partition coefficient (Wildman–Crippen LogP) is 3.27. The summed E-state index contributed by atoms with van der Waals surface area (Å²) < 4.78 is 2.38. The lowest BCUT2D eigenvalue weighted by atomic mass is 9.97. The number of fused-ring (bicyclic) bond motifs is 3. The summed E-state index contributed by atoms with van der Waals surface area (Å²) in [6, 6.07) is 6.60. The Morgan fingerprint density at radius 2 is 2.10 bits per heavy atom. The second kappa shape index (κ2) is 7.92. The van der Waals surface area contributed by atoms with Crippen LogP contribution in [0, 0.1) is 12.8 Å². The van der Waals surface area contributed by atoms with Crippen LogP contribution in [0.4, 0.5) is 5.95 Å². The van der Waals surface area contributed by atoms with Crippen LogP contribution >= 0.6 is 11.8 Å². The fourth-order valence-corrected chi connectivity index (χ4v) is 5.05. The molecule has 1 aromatic carbocycles. The van der Waals surface area contributed by atoms with E-state index in [1.165, 1.54) is 17.4 Å². The number of hydrogen-bond donors (Lipinski definition) is 2. The van der Waals surface area contributed by atoms with Crippen LogP contribution in [0.25, 0.3) is 10.9 Å². The first-order valence-corrected chi connectivity index (χ1v) is 11.3. The number of primary amides is 1. The second-order valence-corrected chi connectivity index (χ2v) is 8.87. The van der Waals surface area contributed by atoms with E-state index in [0.717, 1.165) is 28.9 Å². The number of benzene rings is 1. The van der Waals surface area contributed by atoms with Gasteiger partial charge in [-0.2, -0.15) is 0 Å². The molecule has 3 N–H and O–H groups in total. The number of aliphatic hydroxyl groups excluding tert-OH is 1. The lowest BCUT2D eigenvalue weighted by Gasteiger charge is -2.39.